The summed E-state index contributed by atoms with van der Waals surface area (Å²) in [5.74, 6) is -0.0436. The molecule has 1 saturated carbocycles. The van der Waals surface area contributed by atoms with E-state index in [0.717, 1.165) is 36.9 Å². The van der Waals surface area contributed by atoms with Gasteiger partial charge in [-0.2, -0.15) is 0 Å². The number of hydrogen-bond acceptors (Lipinski definition) is 2. The molecule has 2 aromatic rings. The molecule has 1 amide bonds. The van der Waals surface area contributed by atoms with Gasteiger partial charge in [-0.25, -0.2) is 4.39 Å². The predicted octanol–water partition coefficient (Wildman–Crippen LogP) is 4.21. The minimum Gasteiger partial charge on any atom is -0.368 e. The van der Waals surface area contributed by atoms with Crippen molar-refractivity contribution in [3.8, 4) is 11.1 Å². The highest BCUT2D eigenvalue weighted by Gasteiger charge is 2.54. The van der Waals surface area contributed by atoms with Crippen LogP contribution in [0.25, 0.3) is 11.1 Å². The van der Waals surface area contributed by atoms with Gasteiger partial charge in [-0.05, 0) is 59.9 Å². The standard InChI is InChI=1S/C23H24FNO2/c24-19-6-2-5-18(13-19)17-4-1-3-16(11-17)12-20-14-23(8-9-23)15-25(20)22(26)21-7-10-27-21/h1-6,11,13,20-21H,7-10,12,14-15H2/t20-,21+/m0/s1. The van der Waals surface area contributed by atoms with E-state index in [-0.39, 0.29) is 23.9 Å². The Morgan fingerprint density at radius 3 is 2.56 bits per heavy atom. The fourth-order valence-electron chi connectivity index (χ4n) is 4.58. The molecule has 2 atom stereocenters. The third kappa shape index (κ3) is 3.27. The summed E-state index contributed by atoms with van der Waals surface area (Å²) in [6, 6.07) is 15.2. The number of carbonyl (C=O) groups excluding carboxylic acids is 1. The van der Waals surface area contributed by atoms with Crippen molar-refractivity contribution in [3.63, 3.8) is 0 Å². The highest BCUT2D eigenvalue weighted by atomic mass is 19.1. The molecule has 0 unspecified atom stereocenters. The molecule has 2 aliphatic heterocycles. The van der Waals surface area contributed by atoms with Gasteiger partial charge in [0.25, 0.3) is 5.91 Å². The topological polar surface area (TPSA) is 29.5 Å². The second-order valence-corrected chi connectivity index (χ2v) is 8.39. The van der Waals surface area contributed by atoms with Crippen LogP contribution in [0.5, 0.6) is 0 Å². The maximum Gasteiger partial charge on any atom is 0.252 e. The zero-order valence-electron chi connectivity index (χ0n) is 15.4. The van der Waals surface area contributed by atoms with Crippen molar-refractivity contribution in [1.82, 2.24) is 4.90 Å². The van der Waals surface area contributed by atoms with Crippen LogP contribution in [0.15, 0.2) is 48.5 Å². The van der Waals surface area contributed by atoms with Crippen molar-refractivity contribution in [3.05, 3.63) is 59.9 Å². The van der Waals surface area contributed by atoms with E-state index < -0.39 is 0 Å². The van der Waals surface area contributed by atoms with Gasteiger partial charge in [0.2, 0.25) is 0 Å². The normalized spacial score (nSPS) is 25.4. The molecule has 3 nitrogen and oxygen atoms in total. The number of hydrogen-bond donors (Lipinski definition) is 0. The van der Waals surface area contributed by atoms with Crippen LogP contribution in [0.4, 0.5) is 4.39 Å². The minimum absolute atomic E-state index is 0.177. The van der Waals surface area contributed by atoms with Gasteiger partial charge in [-0.3, -0.25) is 4.79 Å². The smallest absolute Gasteiger partial charge is 0.252 e. The lowest BCUT2D eigenvalue weighted by Gasteiger charge is -2.33. The van der Waals surface area contributed by atoms with Gasteiger partial charge in [0, 0.05) is 19.0 Å². The van der Waals surface area contributed by atoms with Crippen LogP contribution in [0, 0.1) is 11.2 Å². The van der Waals surface area contributed by atoms with Gasteiger partial charge < -0.3 is 9.64 Å². The van der Waals surface area contributed by atoms with Crippen LogP contribution in [-0.2, 0) is 16.0 Å². The highest BCUT2D eigenvalue weighted by Crippen LogP contribution is 2.55. The fourth-order valence-corrected chi connectivity index (χ4v) is 4.58. The number of rotatable bonds is 4. The average Bonchev–Trinajstić information content (AvgIpc) is 3.27. The minimum atomic E-state index is -0.222. The molecule has 1 spiro atoms. The highest BCUT2D eigenvalue weighted by molar-refractivity contribution is 5.82. The summed E-state index contributed by atoms with van der Waals surface area (Å²) in [6.07, 6.45) is 5.05. The van der Waals surface area contributed by atoms with Crippen molar-refractivity contribution in [1.29, 1.82) is 0 Å². The van der Waals surface area contributed by atoms with Gasteiger partial charge in [0.15, 0.2) is 0 Å². The third-order valence-electron chi connectivity index (χ3n) is 6.39. The van der Waals surface area contributed by atoms with Crippen molar-refractivity contribution >= 4 is 5.91 Å². The van der Waals surface area contributed by atoms with E-state index in [1.165, 1.54) is 24.5 Å². The number of benzene rings is 2. The van der Waals surface area contributed by atoms with Crippen LogP contribution < -0.4 is 0 Å². The molecule has 5 rings (SSSR count). The Morgan fingerprint density at radius 1 is 1.15 bits per heavy atom. The van der Waals surface area contributed by atoms with Crippen molar-refractivity contribution < 1.29 is 13.9 Å². The second kappa shape index (κ2) is 6.45. The Bertz CT molecular complexity index is 872. The molecule has 0 N–H and O–H groups in total. The Kier molecular flexibility index (Phi) is 4.05. The van der Waals surface area contributed by atoms with Crippen LogP contribution in [0.1, 0.15) is 31.2 Å². The quantitative estimate of drug-likeness (QED) is 0.812. The second-order valence-electron chi connectivity index (χ2n) is 8.39. The lowest BCUT2D eigenvalue weighted by molar-refractivity contribution is -0.157. The Morgan fingerprint density at radius 2 is 1.89 bits per heavy atom. The van der Waals surface area contributed by atoms with E-state index in [9.17, 15) is 9.18 Å². The summed E-state index contributed by atoms with van der Waals surface area (Å²) in [7, 11) is 0. The largest absolute Gasteiger partial charge is 0.368 e. The Hall–Kier alpha value is -2.20. The molecule has 2 saturated heterocycles. The molecule has 27 heavy (non-hydrogen) atoms. The lowest BCUT2D eigenvalue weighted by atomic mass is 9.95. The molecule has 4 heteroatoms. The Labute approximate surface area is 159 Å². The summed E-state index contributed by atoms with van der Waals surface area (Å²) in [6.45, 7) is 1.59. The number of ether oxygens (including phenoxy) is 1. The monoisotopic (exact) mass is 365 g/mol. The number of amides is 1. The number of halogens is 1. The molecule has 2 heterocycles. The SMILES string of the molecule is O=C([C@H]1CCO1)N1CC2(CC2)C[C@@H]1Cc1cccc(-c2cccc(F)c2)c1. The van der Waals surface area contributed by atoms with Gasteiger partial charge in [-0.1, -0.05) is 36.4 Å². The first-order chi connectivity index (χ1) is 13.1. The molecule has 2 aromatic carbocycles. The Balaban J connectivity index is 1.37. The first-order valence-corrected chi connectivity index (χ1v) is 9.89. The maximum atomic E-state index is 13.6. The van der Waals surface area contributed by atoms with Crippen molar-refractivity contribution in [2.45, 2.75) is 44.2 Å². The van der Waals surface area contributed by atoms with Gasteiger partial charge >= 0.3 is 0 Å². The van der Waals surface area contributed by atoms with E-state index in [1.54, 1.807) is 12.1 Å². The fraction of sp³-hybridized carbons (Fsp3) is 0.435. The first kappa shape index (κ1) is 16.9. The first-order valence-electron chi connectivity index (χ1n) is 9.89. The summed E-state index contributed by atoms with van der Waals surface area (Å²) in [5, 5.41) is 0. The summed E-state index contributed by atoms with van der Waals surface area (Å²) >= 11 is 0. The van der Waals surface area contributed by atoms with Gasteiger partial charge in [-0.15, -0.1) is 0 Å². The zero-order chi connectivity index (χ0) is 18.4. The van der Waals surface area contributed by atoms with E-state index in [1.807, 2.05) is 18.2 Å². The van der Waals surface area contributed by atoms with Crippen LogP contribution in [-0.4, -0.2) is 36.1 Å². The van der Waals surface area contributed by atoms with Crippen molar-refractivity contribution in [2.24, 2.45) is 5.41 Å². The number of nitrogens with zero attached hydrogens (tertiary/aromatic N) is 1. The zero-order valence-corrected chi connectivity index (χ0v) is 15.4. The van der Waals surface area contributed by atoms with E-state index in [2.05, 4.69) is 17.0 Å². The molecule has 140 valence electrons. The molecule has 0 bridgehead atoms. The molecule has 0 radical (unpaired) electrons. The predicted molar refractivity (Wildman–Crippen MR) is 102 cm³/mol. The van der Waals surface area contributed by atoms with E-state index in [4.69, 9.17) is 4.74 Å². The summed E-state index contributed by atoms with van der Waals surface area (Å²) in [4.78, 5) is 14.9. The van der Waals surface area contributed by atoms with Crippen LogP contribution in [0.2, 0.25) is 0 Å². The molecule has 0 aromatic heterocycles. The third-order valence-corrected chi connectivity index (χ3v) is 6.39. The van der Waals surface area contributed by atoms with Gasteiger partial charge in [0.05, 0.1) is 6.61 Å². The number of carbonyl (C=O) groups is 1. The van der Waals surface area contributed by atoms with Crippen LogP contribution >= 0.6 is 0 Å². The molecule has 3 aliphatic rings. The average molecular weight is 365 g/mol. The van der Waals surface area contributed by atoms with E-state index in [0.29, 0.717) is 12.0 Å². The van der Waals surface area contributed by atoms with E-state index >= 15 is 0 Å². The molecular formula is C23H24FNO2. The lowest BCUT2D eigenvalue weighted by Crippen LogP contribution is -2.48. The van der Waals surface area contributed by atoms with Gasteiger partial charge in [0.1, 0.15) is 11.9 Å². The molecule has 3 fully saturated rings. The molecular weight excluding hydrogens is 341 g/mol. The summed E-state index contributed by atoms with van der Waals surface area (Å²) in [5.41, 5.74) is 3.47. The van der Waals surface area contributed by atoms with Crippen LogP contribution in [0.3, 0.4) is 0 Å². The summed E-state index contributed by atoms with van der Waals surface area (Å²) < 4.78 is 19.0. The molecule has 1 aliphatic carbocycles. The van der Waals surface area contributed by atoms with Crippen molar-refractivity contribution in [2.75, 3.05) is 13.2 Å². The number of likely N-dealkylation sites (tertiary alicyclic amines) is 1. The maximum absolute atomic E-state index is 13.6.